The van der Waals surface area contributed by atoms with Crippen LogP contribution in [0.1, 0.15) is 12.7 Å². The summed E-state index contributed by atoms with van der Waals surface area (Å²) in [6.07, 6.45) is 0.674. The van der Waals surface area contributed by atoms with Gasteiger partial charge in [0.2, 0.25) is 0 Å². The molecule has 94 valence electrons. The number of nitro benzene ring substituents is 1. The minimum Gasteiger partial charge on any atom is -0.461 e. The summed E-state index contributed by atoms with van der Waals surface area (Å²) in [6.45, 7) is 1.91. The van der Waals surface area contributed by atoms with Gasteiger partial charge in [0.05, 0.1) is 4.92 Å². The van der Waals surface area contributed by atoms with Crippen LogP contribution in [0.25, 0.3) is 11.3 Å². The lowest BCUT2D eigenvalue weighted by molar-refractivity contribution is -0.384. The van der Waals surface area contributed by atoms with Gasteiger partial charge in [-0.3, -0.25) is 10.1 Å². The predicted octanol–water partition coefficient (Wildman–Crippen LogP) is 2.74. The summed E-state index contributed by atoms with van der Waals surface area (Å²) in [5.74, 6) is 1.51. The molecule has 0 aliphatic heterocycles. The second-order valence-electron chi connectivity index (χ2n) is 4.25. The van der Waals surface area contributed by atoms with Crippen molar-refractivity contribution in [1.82, 2.24) is 0 Å². The Balaban J connectivity index is 2.20. The van der Waals surface area contributed by atoms with E-state index in [1.807, 2.05) is 19.1 Å². The summed E-state index contributed by atoms with van der Waals surface area (Å²) in [5.41, 5.74) is 6.58. The first-order valence-electron chi connectivity index (χ1n) is 5.65. The fourth-order valence-corrected chi connectivity index (χ4v) is 1.71. The molecule has 0 amide bonds. The molecule has 0 aliphatic rings. The Morgan fingerprint density at radius 3 is 2.50 bits per heavy atom. The summed E-state index contributed by atoms with van der Waals surface area (Å²) in [5, 5.41) is 10.5. The molecule has 1 aromatic heterocycles. The number of rotatable bonds is 4. The predicted molar refractivity (Wildman–Crippen MR) is 68.2 cm³/mol. The Labute approximate surface area is 104 Å². The van der Waals surface area contributed by atoms with Gasteiger partial charge >= 0.3 is 0 Å². The van der Waals surface area contributed by atoms with E-state index in [1.165, 1.54) is 12.1 Å². The molecule has 18 heavy (non-hydrogen) atoms. The average Bonchev–Trinajstić information content (AvgIpc) is 2.76. The molecule has 0 fully saturated rings. The molecule has 2 N–H and O–H groups in total. The van der Waals surface area contributed by atoms with E-state index in [2.05, 4.69) is 0 Å². The van der Waals surface area contributed by atoms with Crippen LogP contribution in [0.2, 0.25) is 0 Å². The molecule has 2 aromatic rings. The molecule has 1 heterocycles. The van der Waals surface area contributed by atoms with E-state index in [9.17, 15) is 10.1 Å². The third kappa shape index (κ3) is 2.75. The van der Waals surface area contributed by atoms with Crippen LogP contribution in [-0.4, -0.2) is 11.0 Å². The maximum atomic E-state index is 10.5. The van der Waals surface area contributed by atoms with Crippen molar-refractivity contribution in [2.75, 3.05) is 0 Å². The van der Waals surface area contributed by atoms with E-state index in [0.717, 1.165) is 11.3 Å². The molecule has 1 atom stereocenters. The van der Waals surface area contributed by atoms with Gasteiger partial charge in [-0.15, -0.1) is 0 Å². The van der Waals surface area contributed by atoms with Gasteiger partial charge in [-0.1, -0.05) is 0 Å². The second-order valence-corrected chi connectivity index (χ2v) is 4.25. The zero-order chi connectivity index (χ0) is 13.1. The summed E-state index contributed by atoms with van der Waals surface area (Å²) in [4.78, 5) is 10.1. The molecule has 5 nitrogen and oxygen atoms in total. The van der Waals surface area contributed by atoms with Crippen LogP contribution >= 0.6 is 0 Å². The van der Waals surface area contributed by atoms with Crippen LogP contribution in [0.15, 0.2) is 40.8 Å². The zero-order valence-corrected chi connectivity index (χ0v) is 10.00. The maximum absolute atomic E-state index is 10.5. The maximum Gasteiger partial charge on any atom is 0.269 e. The number of nitrogens with zero attached hydrogens (tertiary/aromatic N) is 1. The smallest absolute Gasteiger partial charge is 0.269 e. The van der Waals surface area contributed by atoms with Gasteiger partial charge in [-0.25, -0.2) is 0 Å². The van der Waals surface area contributed by atoms with E-state index in [1.54, 1.807) is 12.1 Å². The molecule has 0 bridgehead atoms. The topological polar surface area (TPSA) is 82.3 Å². The normalized spacial score (nSPS) is 12.3. The summed E-state index contributed by atoms with van der Waals surface area (Å²) >= 11 is 0. The van der Waals surface area contributed by atoms with Gasteiger partial charge < -0.3 is 10.2 Å². The monoisotopic (exact) mass is 246 g/mol. The number of non-ortho nitro benzene ring substituents is 1. The van der Waals surface area contributed by atoms with Crippen LogP contribution < -0.4 is 5.73 Å². The molecule has 0 aliphatic carbocycles. The van der Waals surface area contributed by atoms with Crippen LogP contribution in [0, 0.1) is 10.1 Å². The lowest BCUT2D eigenvalue weighted by Crippen LogP contribution is -2.17. The van der Waals surface area contributed by atoms with Crippen molar-refractivity contribution in [3.63, 3.8) is 0 Å². The van der Waals surface area contributed by atoms with Crippen LogP contribution in [-0.2, 0) is 6.42 Å². The molecule has 5 heteroatoms. The summed E-state index contributed by atoms with van der Waals surface area (Å²) < 4.78 is 5.63. The molecule has 2 rings (SSSR count). The number of hydrogen-bond donors (Lipinski definition) is 1. The van der Waals surface area contributed by atoms with E-state index < -0.39 is 4.92 Å². The second kappa shape index (κ2) is 5.01. The number of nitrogens with two attached hydrogens (primary N) is 1. The summed E-state index contributed by atoms with van der Waals surface area (Å²) in [6, 6.07) is 10.0. The molecule has 0 spiro atoms. The van der Waals surface area contributed by atoms with Crippen molar-refractivity contribution < 1.29 is 9.34 Å². The Morgan fingerprint density at radius 1 is 1.28 bits per heavy atom. The lowest BCUT2D eigenvalue weighted by atomic mass is 10.1. The molecule has 0 saturated carbocycles. The largest absolute Gasteiger partial charge is 0.461 e. The van der Waals surface area contributed by atoms with Crippen molar-refractivity contribution in [3.05, 3.63) is 52.3 Å². The highest BCUT2D eigenvalue weighted by molar-refractivity contribution is 5.59. The van der Waals surface area contributed by atoms with Crippen LogP contribution in [0.3, 0.4) is 0 Å². The Morgan fingerprint density at radius 2 is 1.94 bits per heavy atom. The first kappa shape index (κ1) is 12.3. The van der Waals surface area contributed by atoms with Gasteiger partial charge in [0.1, 0.15) is 11.5 Å². The fourth-order valence-electron chi connectivity index (χ4n) is 1.71. The average molecular weight is 246 g/mol. The van der Waals surface area contributed by atoms with Crippen molar-refractivity contribution in [3.8, 4) is 11.3 Å². The number of hydrogen-bond acceptors (Lipinski definition) is 4. The molecule has 0 saturated heterocycles. The first-order chi connectivity index (χ1) is 8.56. The van der Waals surface area contributed by atoms with Gasteiger partial charge in [-0.05, 0) is 31.2 Å². The molecular weight excluding hydrogens is 232 g/mol. The van der Waals surface area contributed by atoms with Crippen molar-refractivity contribution >= 4 is 5.69 Å². The van der Waals surface area contributed by atoms with Crippen LogP contribution in [0.4, 0.5) is 5.69 Å². The number of furan rings is 1. The van der Waals surface area contributed by atoms with Gasteiger partial charge in [0, 0.05) is 30.2 Å². The highest BCUT2D eigenvalue weighted by Crippen LogP contribution is 2.24. The molecule has 1 unspecified atom stereocenters. The van der Waals surface area contributed by atoms with E-state index >= 15 is 0 Å². The minimum atomic E-state index is -0.423. The van der Waals surface area contributed by atoms with Gasteiger partial charge in [0.15, 0.2) is 0 Å². The van der Waals surface area contributed by atoms with E-state index in [4.69, 9.17) is 10.2 Å². The Bertz CT molecular complexity index is 544. The number of benzene rings is 1. The zero-order valence-electron chi connectivity index (χ0n) is 10.00. The van der Waals surface area contributed by atoms with E-state index in [0.29, 0.717) is 12.2 Å². The Hall–Kier alpha value is -2.14. The van der Waals surface area contributed by atoms with Gasteiger partial charge in [0.25, 0.3) is 5.69 Å². The van der Waals surface area contributed by atoms with Crippen molar-refractivity contribution in [2.45, 2.75) is 19.4 Å². The van der Waals surface area contributed by atoms with Gasteiger partial charge in [-0.2, -0.15) is 0 Å². The molecule has 1 aromatic carbocycles. The molecule has 0 radical (unpaired) electrons. The van der Waals surface area contributed by atoms with Crippen molar-refractivity contribution in [2.24, 2.45) is 5.73 Å². The first-order valence-corrected chi connectivity index (χ1v) is 5.65. The third-order valence-corrected chi connectivity index (χ3v) is 2.55. The SMILES string of the molecule is CC(N)Cc1ccc(-c2ccc([N+](=O)[O-])cc2)o1. The highest BCUT2D eigenvalue weighted by Gasteiger charge is 2.09. The van der Waals surface area contributed by atoms with Crippen molar-refractivity contribution in [1.29, 1.82) is 0 Å². The third-order valence-electron chi connectivity index (χ3n) is 2.55. The minimum absolute atomic E-state index is 0.0425. The molecular formula is C13H14N2O3. The Kier molecular flexibility index (Phi) is 3.43. The fraction of sp³-hybridized carbons (Fsp3) is 0.231. The lowest BCUT2D eigenvalue weighted by Gasteiger charge is -2.01. The standard InChI is InChI=1S/C13H14N2O3/c1-9(14)8-12-6-7-13(18-12)10-2-4-11(5-3-10)15(16)17/h2-7,9H,8,14H2,1H3. The number of nitro groups is 1. The van der Waals surface area contributed by atoms with Crippen LogP contribution in [0.5, 0.6) is 0 Å². The highest BCUT2D eigenvalue weighted by atomic mass is 16.6. The quantitative estimate of drug-likeness (QED) is 0.664. The van der Waals surface area contributed by atoms with E-state index in [-0.39, 0.29) is 11.7 Å². The summed E-state index contributed by atoms with van der Waals surface area (Å²) in [7, 11) is 0.